The van der Waals surface area contributed by atoms with Crippen LogP contribution in [0.4, 0.5) is 0 Å². The molecule has 2 aromatic heterocycles. The van der Waals surface area contributed by atoms with Crippen LogP contribution in [-0.2, 0) is 11.3 Å². The van der Waals surface area contributed by atoms with E-state index in [1.807, 2.05) is 43.3 Å². The summed E-state index contributed by atoms with van der Waals surface area (Å²) in [7, 11) is 0. The van der Waals surface area contributed by atoms with Crippen LogP contribution in [0.25, 0.3) is 21.6 Å². The van der Waals surface area contributed by atoms with Gasteiger partial charge in [-0.25, -0.2) is 0 Å². The van der Waals surface area contributed by atoms with Gasteiger partial charge in [-0.1, -0.05) is 73.7 Å². The third-order valence-corrected chi connectivity index (χ3v) is 6.26. The van der Waals surface area contributed by atoms with Crippen molar-refractivity contribution in [2.75, 3.05) is 0 Å². The molecule has 0 atom stereocenters. The van der Waals surface area contributed by atoms with Gasteiger partial charge in [-0.3, -0.25) is 10.1 Å². The molecule has 2 aromatic carbocycles. The van der Waals surface area contributed by atoms with Crippen LogP contribution < -0.4 is 10.6 Å². The zero-order valence-electron chi connectivity index (χ0n) is 18.6. The predicted molar refractivity (Wildman–Crippen MR) is 136 cm³/mol. The number of rotatable bonds is 6. The highest BCUT2D eigenvalue weighted by atomic mass is 32.1. The normalized spacial score (nSPS) is 11.4. The van der Waals surface area contributed by atoms with Crippen molar-refractivity contribution in [3.8, 4) is 10.6 Å². The molecule has 4 aromatic rings. The van der Waals surface area contributed by atoms with E-state index in [0.717, 1.165) is 32.5 Å². The molecule has 0 spiro atoms. The second kappa shape index (κ2) is 10.0. The molecule has 33 heavy (non-hydrogen) atoms. The third kappa shape index (κ3) is 5.68. The van der Waals surface area contributed by atoms with Crippen molar-refractivity contribution < 1.29 is 4.79 Å². The fourth-order valence-corrected chi connectivity index (χ4v) is 4.20. The Balaban J connectivity index is 1.27. The zero-order chi connectivity index (χ0) is 23.4. The number of fused-ring (bicyclic) bond motifs is 1. The van der Waals surface area contributed by atoms with E-state index in [9.17, 15) is 4.79 Å². The van der Waals surface area contributed by atoms with Crippen molar-refractivity contribution in [3.05, 3.63) is 77.1 Å². The summed E-state index contributed by atoms with van der Waals surface area (Å²) >= 11 is 6.74. The van der Waals surface area contributed by atoms with Crippen molar-refractivity contribution in [1.82, 2.24) is 30.4 Å². The molecular weight excluding hydrogens is 452 g/mol. The quantitative estimate of drug-likeness (QED) is 0.315. The Morgan fingerprint density at radius 2 is 1.85 bits per heavy atom. The van der Waals surface area contributed by atoms with Crippen molar-refractivity contribution in [2.45, 2.75) is 33.2 Å². The average molecular weight is 477 g/mol. The van der Waals surface area contributed by atoms with Crippen LogP contribution in [0, 0.1) is 6.92 Å². The first-order valence-electron chi connectivity index (χ1n) is 10.5. The molecule has 168 valence electrons. The van der Waals surface area contributed by atoms with Gasteiger partial charge in [0, 0.05) is 18.2 Å². The Morgan fingerprint density at radius 1 is 1.12 bits per heavy atom. The number of hydrogen-bond acceptors (Lipinski definition) is 6. The van der Waals surface area contributed by atoms with Gasteiger partial charge >= 0.3 is 0 Å². The highest BCUT2D eigenvalue weighted by Gasteiger charge is 2.10. The number of benzene rings is 2. The second-order valence-electron chi connectivity index (χ2n) is 7.87. The molecule has 2 heterocycles. The molecule has 9 heteroatoms. The van der Waals surface area contributed by atoms with Crippen LogP contribution in [0.5, 0.6) is 0 Å². The standard InChI is InChI=1S/C24H24N6OS2/c1-15(2)19-9-4-17(5-10-19)8-13-21(31)26-23(32)25-14-18-6-11-20(12-7-18)22-29-30-16(3)27-28-24(30)33-22/h4-13,15H,14H2,1-3H3,(H2,25,26,31,32)/b13-8+. The van der Waals surface area contributed by atoms with E-state index in [0.29, 0.717) is 12.5 Å². The lowest BCUT2D eigenvalue weighted by Crippen LogP contribution is -2.37. The molecule has 0 saturated heterocycles. The first-order chi connectivity index (χ1) is 15.9. The fraction of sp³-hybridized carbons (Fsp3) is 0.208. The van der Waals surface area contributed by atoms with Gasteiger partial charge in [-0.05, 0) is 47.8 Å². The predicted octanol–water partition coefficient (Wildman–Crippen LogP) is 4.49. The third-order valence-electron chi connectivity index (χ3n) is 5.07. The molecular formula is C24H24N6OS2. The van der Waals surface area contributed by atoms with E-state index in [1.165, 1.54) is 23.0 Å². The first kappa shape index (κ1) is 22.8. The largest absolute Gasteiger partial charge is 0.358 e. The number of nitrogens with one attached hydrogen (secondary N) is 2. The van der Waals surface area contributed by atoms with Crippen LogP contribution in [0.3, 0.4) is 0 Å². The number of nitrogens with zero attached hydrogens (tertiary/aromatic N) is 4. The Bertz CT molecular complexity index is 1300. The minimum Gasteiger partial charge on any atom is -0.358 e. The summed E-state index contributed by atoms with van der Waals surface area (Å²) in [5, 5.41) is 19.6. The molecule has 1 amide bonds. The SMILES string of the molecule is Cc1nnc2sc(-c3ccc(CNC(=S)NC(=O)/C=C/c4ccc(C(C)C)cc4)cc3)nn12. The van der Waals surface area contributed by atoms with Crippen LogP contribution in [0.2, 0.25) is 0 Å². The van der Waals surface area contributed by atoms with Crippen LogP contribution in [-0.4, -0.2) is 30.8 Å². The first-order valence-corrected chi connectivity index (χ1v) is 11.8. The van der Waals surface area contributed by atoms with E-state index in [-0.39, 0.29) is 11.0 Å². The van der Waals surface area contributed by atoms with Gasteiger partial charge in [-0.2, -0.15) is 9.61 Å². The Morgan fingerprint density at radius 3 is 2.52 bits per heavy atom. The van der Waals surface area contributed by atoms with Gasteiger partial charge in [0.1, 0.15) is 5.01 Å². The van der Waals surface area contributed by atoms with E-state index < -0.39 is 0 Å². The molecule has 4 rings (SSSR count). The van der Waals surface area contributed by atoms with Crippen molar-refractivity contribution in [1.29, 1.82) is 0 Å². The molecule has 0 unspecified atom stereocenters. The number of aromatic nitrogens is 4. The van der Waals surface area contributed by atoms with Crippen LogP contribution in [0.15, 0.2) is 54.6 Å². The average Bonchev–Trinajstić information content (AvgIpc) is 3.39. The number of thiocarbonyl (C=S) groups is 1. The molecule has 0 aliphatic rings. The Kier molecular flexibility index (Phi) is 6.90. The lowest BCUT2D eigenvalue weighted by molar-refractivity contribution is -0.115. The lowest BCUT2D eigenvalue weighted by Gasteiger charge is -2.08. The van der Waals surface area contributed by atoms with Gasteiger partial charge in [0.15, 0.2) is 10.9 Å². The number of amides is 1. The summed E-state index contributed by atoms with van der Waals surface area (Å²) in [6, 6.07) is 16.2. The molecule has 0 aliphatic heterocycles. The monoisotopic (exact) mass is 476 g/mol. The molecule has 7 nitrogen and oxygen atoms in total. The van der Waals surface area contributed by atoms with Crippen molar-refractivity contribution >= 4 is 45.6 Å². The van der Waals surface area contributed by atoms with Crippen molar-refractivity contribution in [2.24, 2.45) is 0 Å². The highest BCUT2D eigenvalue weighted by Crippen LogP contribution is 2.25. The Hall–Kier alpha value is -3.43. The molecule has 0 fully saturated rings. The van der Waals surface area contributed by atoms with E-state index in [1.54, 1.807) is 10.6 Å². The van der Waals surface area contributed by atoms with E-state index >= 15 is 0 Å². The minimum absolute atomic E-state index is 0.269. The Labute approximate surface area is 201 Å². The summed E-state index contributed by atoms with van der Waals surface area (Å²) in [6.45, 7) is 6.68. The maximum absolute atomic E-state index is 12.1. The molecule has 0 bridgehead atoms. The van der Waals surface area contributed by atoms with Gasteiger partial charge in [0.25, 0.3) is 0 Å². The number of carbonyl (C=O) groups excluding carboxylic acids is 1. The smallest absolute Gasteiger partial charge is 0.250 e. The maximum Gasteiger partial charge on any atom is 0.250 e. The molecule has 2 N–H and O–H groups in total. The topological polar surface area (TPSA) is 84.2 Å². The highest BCUT2D eigenvalue weighted by molar-refractivity contribution is 7.80. The summed E-state index contributed by atoms with van der Waals surface area (Å²) in [6.07, 6.45) is 3.25. The van der Waals surface area contributed by atoms with Crippen LogP contribution >= 0.6 is 23.6 Å². The molecule has 0 saturated carbocycles. The maximum atomic E-state index is 12.1. The minimum atomic E-state index is -0.269. The summed E-state index contributed by atoms with van der Waals surface area (Å²) in [5.41, 5.74) is 4.28. The second-order valence-corrected chi connectivity index (χ2v) is 9.24. The van der Waals surface area contributed by atoms with Crippen LogP contribution in [0.1, 0.15) is 42.3 Å². The zero-order valence-corrected chi connectivity index (χ0v) is 20.2. The summed E-state index contributed by atoms with van der Waals surface area (Å²) in [5.74, 6) is 0.977. The summed E-state index contributed by atoms with van der Waals surface area (Å²) in [4.78, 5) is 12.9. The number of hydrogen-bond donors (Lipinski definition) is 2. The molecule has 0 aliphatic carbocycles. The lowest BCUT2D eigenvalue weighted by atomic mass is 10.0. The van der Waals surface area contributed by atoms with Crippen molar-refractivity contribution in [3.63, 3.8) is 0 Å². The molecule has 0 radical (unpaired) electrons. The number of aryl methyl sites for hydroxylation is 1. The summed E-state index contributed by atoms with van der Waals surface area (Å²) < 4.78 is 1.74. The van der Waals surface area contributed by atoms with Gasteiger partial charge in [0.05, 0.1) is 0 Å². The van der Waals surface area contributed by atoms with Gasteiger partial charge in [-0.15, -0.1) is 10.2 Å². The van der Waals surface area contributed by atoms with Gasteiger partial charge < -0.3 is 5.32 Å². The van der Waals surface area contributed by atoms with Gasteiger partial charge in [0.2, 0.25) is 10.9 Å². The fourth-order valence-electron chi connectivity index (χ4n) is 3.14. The number of carbonyl (C=O) groups is 1. The van der Waals surface area contributed by atoms with E-state index in [4.69, 9.17) is 12.2 Å². The van der Waals surface area contributed by atoms with E-state index in [2.05, 4.69) is 51.9 Å².